The van der Waals surface area contributed by atoms with E-state index in [2.05, 4.69) is 9.97 Å². The zero-order chi connectivity index (χ0) is 21.1. The van der Waals surface area contributed by atoms with E-state index in [1.807, 2.05) is 62.4 Å². The second kappa shape index (κ2) is 8.33. The smallest absolute Gasteiger partial charge is 0.254 e. The number of fused-ring (bicyclic) bond motifs is 1. The summed E-state index contributed by atoms with van der Waals surface area (Å²) in [5.74, 6) is -0.126. The molecule has 1 amide bonds. The molecular weight excluding hydrogens is 374 g/mol. The molecule has 1 N–H and O–H groups in total. The molecule has 0 unspecified atom stereocenters. The van der Waals surface area contributed by atoms with Gasteiger partial charge in [0.25, 0.3) is 11.5 Å². The number of hydrogen-bond acceptors (Lipinski definition) is 3. The van der Waals surface area contributed by atoms with Crippen molar-refractivity contribution in [1.82, 2.24) is 14.9 Å². The molecule has 4 rings (SSSR count). The van der Waals surface area contributed by atoms with Gasteiger partial charge in [-0.15, -0.1) is 0 Å². The van der Waals surface area contributed by atoms with E-state index in [4.69, 9.17) is 0 Å². The summed E-state index contributed by atoms with van der Waals surface area (Å²) in [6.45, 7) is 4.60. The summed E-state index contributed by atoms with van der Waals surface area (Å²) in [7, 11) is 0. The third-order valence-corrected chi connectivity index (χ3v) is 5.39. The molecule has 0 radical (unpaired) electrons. The van der Waals surface area contributed by atoms with Crippen molar-refractivity contribution in [3.05, 3.63) is 111 Å². The zero-order valence-electron chi connectivity index (χ0n) is 17.1. The van der Waals surface area contributed by atoms with E-state index < -0.39 is 0 Å². The maximum atomic E-state index is 13.2. The minimum Gasteiger partial charge on any atom is -0.330 e. The second-order valence-corrected chi connectivity index (χ2v) is 7.48. The Balaban J connectivity index is 1.72. The molecule has 30 heavy (non-hydrogen) atoms. The predicted octanol–water partition coefficient (Wildman–Crippen LogP) is 4.38. The molecule has 0 atom stereocenters. The molecule has 0 spiro atoms. The molecular formula is C25H23N3O2. The van der Waals surface area contributed by atoms with Crippen LogP contribution in [0.3, 0.4) is 0 Å². The highest BCUT2D eigenvalue weighted by molar-refractivity contribution is 5.94. The Morgan fingerprint density at radius 3 is 2.53 bits per heavy atom. The molecule has 0 saturated carbocycles. The molecule has 0 saturated heterocycles. The highest BCUT2D eigenvalue weighted by Crippen LogP contribution is 2.20. The predicted molar refractivity (Wildman–Crippen MR) is 118 cm³/mol. The quantitative estimate of drug-likeness (QED) is 0.543. The number of carbonyl (C=O) groups is 1. The maximum absolute atomic E-state index is 13.2. The SMILES string of the molecule is Cc1ccc2cc(CN(Cc3cccnc3)C(=O)c3ccccc3)c(=O)[nH]c2c1C. The highest BCUT2D eigenvalue weighted by Gasteiger charge is 2.18. The lowest BCUT2D eigenvalue weighted by atomic mass is 10.0. The number of H-pyrrole nitrogens is 1. The van der Waals surface area contributed by atoms with E-state index in [0.29, 0.717) is 17.7 Å². The van der Waals surface area contributed by atoms with Crippen molar-refractivity contribution in [2.75, 3.05) is 0 Å². The molecule has 5 nitrogen and oxygen atoms in total. The monoisotopic (exact) mass is 397 g/mol. The Morgan fingerprint density at radius 1 is 1.00 bits per heavy atom. The number of nitrogens with zero attached hydrogens (tertiary/aromatic N) is 2. The fourth-order valence-corrected chi connectivity index (χ4v) is 3.57. The average molecular weight is 397 g/mol. The molecule has 0 aliphatic carbocycles. The Bertz CT molecular complexity index is 1250. The highest BCUT2D eigenvalue weighted by atomic mass is 16.2. The van der Waals surface area contributed by atoms with Gasteiger partial charge in [-0.3, -0.25) is 14.6 Å². The second-order valence-electron chi connectivity index (χ2n) is 7.48. The number of pyridine rings is 2. The molecule has 4 aromatic rings. The van der Waals surface area contributed by atoms with Crippen LogP contribution in [0.2, 0.25) is 0 Å². The van der Waals surface area contributed by atoms with Gasteiger partial charge in [-0.1, -0.05) is 36.4 Å². The fraction of sp³-hybridized carbons (Fsp3) is 0.160. The van der Waals surface area contributed by atoms with Gasteiger partial charge < -0.3 is 9.88 Å². The number of aromatic amines is 1. The van der Waals surface area contributed by atoms with Crippen LogP contribution in [0.25, 0.3) is 10.9 Å². The minimum atomic E-state index is -0.173. The van der Waals surface area contributed by atoms with Gasteiger partial charge in [-0.2, -0.15) is 0 Å². The van der Waals surface area contributed by atoms with Crippen LogP contribution in [-0.2, 0) is 13.1 Å². The minimum absolute atomic E-state index is 0.126. The molecule has 5 heteroatoms. The molecule has 0 bridgehead atoms. The van der Waals surface area contributed by atoms with Gasteiger partial charge in [-0.05, 0) is 60.2 Å². The van der Waals surface area contributed by atoms with E-state index >= 15 is 0 Å². The number of hydrogen-bond donors (Lipinski definition) is 1. The number of benzene rings is 2. The van der Waals surface area contributed by atoms with Gasteiger partial charge in [0.2, 0.25) is 0 Å². The van der Waals surface area contributed by atoms with Crippen LogP contribution in [0.4, 0.5) is 0 Å². The Kier molecular flexibility index (Phi) is 5.44. The lowest BCUT2D eigenvalue weighted by Crippen LogP contribution is -2.32. The van der Waals surface area contributed by atoms with Crippen LogP contribution in [0.15, 0.2) is 77.9 Å². The van der Waals surface area contributed by atoms with Crippen molar-refractivity contribution in [2.45, 2.75) is 26.9 Å². The molecule has 150 valence electrons. The first-order valence-corrected chi connectivity index (χ1v) is 9.88. The normalized spacial score (nSPS) is 10.9. The van der Waals surface area contributed by atoms with E-state index in [1.54, 1.807) is 29.4 Å². The van der Waals surface area contributed by atoms with Crippen LogP contribution in [0, 0.1) is 13.8 Å². The van der Waals surface area contributed by atoms with E-state index in [0.717, 1.165) is 27.6 Å². The average Bonchev–Trinajstić information content (AvgIpc) is 2.78. The summed E-state index contributed by atoms with van der Waals surface area (Å²) >= 11 is 0. The number of aromatic nitrogens is 2. The Labute approximate surface area is 175 Å². The van der Waals surface area contributed by atoms with Crippen LogP contribution in [0.5, 0.6) is 0 Å². The summed E-state index contributed by atoms with van der Waals surface area (Å²) in [5.41, 5.74) is 4.91. The van der Waals surface area contributed by atoms with Gasteiger partial charge in [0.1, 0.15) is 0 Å². The molecule has 2 aromatic heterocycles. The van der Waals surface area contributed by atoms with E-state index in [9.17, 15) is 9.59 Å². The van der Waals surface area contributed by atoms with Crippen LogP contribution in [-0.4, -0.2) is 20.8 Å². The zero-order valence-corrected chi connectivity index (χ0v) is 17.1. The van der Waals surface area contributed by atoms with Crippen LogP contribution >= 0.6 is 0 Å². The van der Waals surface area contributed by atoms with Crippen LogP contribution < -0.4 is 5.56 Å². The van der Waals surface area contributed by atoms with Gasteiger partial charge in [0.15, 0.2) is 0 Å². The van der Waals surface area contributed by atoms with Crippen molar-refractivity contribution >= 4 is 16.8 Å². The molecule has 2 aromatic carbocycles. The number of aryl methyl sites for hydroxylation is 2. The van der Waals surface area contributed by atoms with Crippen LogP contribution in [0.1, 0.15) is 32.6 Å². The van der Waals surface area contributed by atoms with E-state index in [1.165, 1.54) is 0 Å². The van der Waals surface area contributed by atoms with Gasteiger partial charge in [-0.25, -0.2) is 0 Å². The van der Waals surface area contributed by atoms with Gasteiger partial charge >= 0.3 is 0 Å². The molecule has 0 fully saturated rings. The first-order chi connectivity index (χ1) is 14.5. The number of amides is 1. The lowest BCUT2D eigenvalue weighted by molar-refractivity contribution is 0.0729. The van der Waals surface area contributed by atoms with Gasteiger partial charge in [0, 0.05) is 30.1 Å². The molecule has 2 heterocycles. The third kappa shape index (κ3) is 4.01. The standard InChI is InChI=1S/C25H23N3O2/c1-17-10-11-21-13-22(24(29)27-23(21)18(17)2)16-28(15-19-7-6-12-26-14-19)25(30)20-8-4-3-5-9-20/h3-14H,15-16H2,1-2H3,(H,27,29). The fourth-order valence-electron chi connectivity index (χ4n) is 3.57. The van der Waals surface area contributed by atoms with Crippen molar-refractivity contribution in [2.24, 2.45) is 0 Å². The molecule has 0 aliphatic heterocycles. The number of rotatable bonds is 5. The van der Waals surface area contributed by atoms with Crippen molar-refractivity contribution < 1.29 is 4.79 Å². The summed E-state index contributed by atoms with van der Waals surface area (Å²) in [5, 5.41) is 0.959. The third-order valence-electron chi connectivity index (χ3n) is 5.39. The summed E-state index contributed by atoms with van der Waals surface area (Å²) in [6.07, 6.45) is 3.44. The maximum Gasteiger partial charge on any atom is 0.254 e. The topological polar surface area (TPSA) is 66.1 Å². The number of nitrogens with one attached hydrogen (secondary N) is 1. The van der Waals surface area contributed by atoms with Gasteiger partial charge in [0.05, 0.1) is 12.1 Å². The largest absolute Gasteiger partial charge is 0.330 e. The van der Waals surface area contributed by atoms with Crippen molar-refractivity contribution in [3.63, 3.8) is 0 Å². The lowest BCUT2D eigenvalue weighted by Gasteiger charge is -2.23. The summed E-state index contributed by atoms with van der Waals surface area (Å²) in [4.78, 5) is 34.9. The summed E-state index contributed by atoms with van der Waals surface area (Å²) in [6, 6.07) is 18.8. The Hall–Kier alpha value is -3.73. The number of carbonyl (C=O) groups excluding carboxylic acids is 1. The first-order valence-electron chi connectivity index (χ1n) is 9.88. The summed E-state index contributed by atoms with van der Waals surface area (Å²) < 4.78 is 0. The van der Waals surface area contributed by atoms with Crippen molar-refractivity contribution in [1.29, 1.82) is 0 Å². The molecule has 0 aliphatic rings. The van der Waals surface area contributed by atoms with Crippen molar-refractivity contribution in [3.8, 4) is 0 Å². The Morgan fingerprint density at radius 2 is 1.80 bits per heavy atom. The first kappa shape index (κ1) is 19.6. The van der Waals surface area contributed by atoms with E-state index in [-0.39, 0.29) is 18.0 Å².